The number of nitrogens with one attached hydrogen (secondary N) is 1. The van der Waals surface area contributed by atoms with E-state index in [1.54, 1.807) is 0 Å². The number of nitrogens with zero attached hydrogens (tertiary/aromatic N) is 1. The van der Waals surface area contributed by atoms with E-state index >= 15 is 0 Å². The number of hydrogen-bond donors (Lipinski definition) is 1. The Balaban J connectivity index is 1.76. The molecule has 2 saturated heterocycles. The van der Waals surface area contributed by atoms with Gasteiger partial charge >= 0.3 is 0 Å². The quantitative estimate of drug-likeness (QED) is 0.538. The molecular weight excluding hydrogens is 124 g/mol. The van der Waals surface area contributed by atoms with Crippen molar-refractivity contribution in [1.29, 1.82) is 0 Å². The van der Waals surface area contributed by atoms with Crippen molar-refractivity contribution in [2.24, 2.45) is 5.92 Å². The lowest BCUT2D eigenvalue weighted by molar-refractivity contribution is 0.112. The summed E-state index contributed by atoms with van der Waals surface area (Å²) in [4.78, 5) is 0. The van der Waals surface area contributed by atoms with E-state index in [1.807, 2.05) is 0 Å². The van der Waals surface area contributed by atoms with E-state index in [0.717, 1.165) is 18.0 Å². The van der Waals surface area contributed by atoms with Crippen LogP contribution in [0.1, 0.15) is 26.7 Å². The molecule has 3 rings (SSSR count). The number of rotatable bonds is 1. The topological polar surface area (TPSA) is 15.0 Å². The predicted octanol–water partition coefficient (Wildman–Crippen LogP) is 0.746. The maximum absolute atomic E-state index is 3.46. The summed E-state index contributed by atoms with van der Waals surface area (Å²) in [6, 6.07) is 1.81. The highest BCUT2D eigenvalue weighted by atomic mass is 15.8. The molecule has 2 heterocycles. The molecule has 3 atom stereocenters. The second-order valence-electron chi connectivity index (χ2n) is 4.51. The van der Waals surface area contributed by atoms with E-state index in [0.29, 0.717) is 5.54 Å². The Kier molecular flexibility index (Phi) is 0.710. The zero-order valence-corrected chi connectivity index (χ0v) is 6.59. The number of hydrazine groups is 1. The minimum absolute atomic E-state index is 0.424. The SMILES string of the molecule is CC1(C)NN2C(C3CC3)C21. The van der Waals surface area contributed by atoms with Gasteiger partial charge in [-0.15, -0.1) is 0 Å². The van der Waals surface area contributed by atoms with Crippen molar-refractivity contribution >= 4 is 0 Å². The second kappa shape index (κ2) is 1.28. The summed E-state index contributed by atoms with van der Waals surface area (Å²) in [5.41, 5.74) is 3.88. The van der Waals surface area contributed by atoms with Gasteiger partial charge in [-0.25, -0.2) is 10.4 Å². The van der Waals surface area contributed by atoms with Gasteiger partial charge in [0.25, 0.3) is 0 Å². The van der Waals surface area contributed by atoms with E-state index in [1.165, 1.54) is 12.8 Å². The van der Waals surface area contributed by atoms with Gasteiger partial charge in [0.05, 0.1) is 6.04 Å². The molecule has 2 nitrogen and oxygen atoms in total. The summed E-state index contributed by atoms with van der Waals surface area (Å²) < 4.78 is 0. The van der Waals surface area contributed by atoms with Crippen LogP contribution in [0.5, 0.6) is 0 Å². The average Bonchev–Trinajstić information content (AvgIpc) is 2.53. The molecule has 1 saturated carbocycles. The van der Waals surface area contributed by atoms with Crippen molar-refractivity contribution in [2.75, 3.05) is 0 Å². The van der Waals surface area contributed by atoms with Crippen LogP contribution in [-0.2, 0) is 0 Å². The van der Waals surface area contributed by atoms with Gasteiger partial charge < -0.3 is 0 Å². The van der Waals surface area contributed by atoms with Crippen LogP contribution in [0.2, 0.25) is 0 Å². The normalized spacial score (nSPS) is 55.2. The lowest BCUT2D eigenvalue weighted by Crippen LogP contribution is -2.58. The predicted molar refractivity (Wildman–Crippen MR) is 39.4 cm³/mol. The van der Waals surface area contributed by atoms with Crippen LogP contribution in [-0.4, -0.2) is 22.6 Å². The standard InChI is InChI=1S/C8H14N2/c1-8(2)7-6(5-3-4-5)10(7)9-8/h5-7,9H,3-4H2,1-2H3. The van der Waals surface area contributed by atoms with Gasteiger partial charge in [-0.3, -0.25) is 0 Å². The van der Waals surface area contributed by atoms with Crippen LogP contribution in [0.15, 0.2) is 0 Å². The average molecular weight is 138 g/mol. The Morgan fingerprint density at radius 2 is 2.10 bits per heavy atom. The summed E-state index contributed by atoms with van der Waals surface area (Å²) in [7, 11) is 0. The first-order chi connectivity index (χ1) is 4.70. The highest BCUT2D eigenvalue weighted by Gasteiger charge is 2.69. The highest BCUT2D eigenvalue weighted by Crippen LogP contribution is 2.54. The van der Waals surface area contributed by atoms with Crippen molar-refractivity contribution in [1.82, 2.24) is 10.4 Å². The monoisotopic (exact) mass is 138 g/mol. The fourth-order valence-electron chi connectivity index (χ4n) is 2.42. The molecule has 0 aromatic rings. The molecule has 2 heteroatoms. The molecule has 3 unspecified atom stereocenters. The van der Waals surface area contributed by atoms with E-state index < -0.39 is 0 Å². The molecule has 0 amide bonds. The van der Waals surface area contributed by atoms with Crippen molar-refractivity contribution in [3.05, 3.63) is 0 Å². The van der Waals surface area contributed by atoms with Crippen molar-refractivity contribution in [3.8, 4) is 0 Å². The molecule has 0 radical (unpaired) electrons. The maximum atomic E-state index is 3.46. The van der Waals surface area contributed by atoms with Crippen molar-refractivity contribution in [3.63, 3.8) is 0 Å². The molecule has 0 aromatic heterocycles. The second-order valence-corrected chi connectivity index (χ2v) is 4.51. The smallest absolute Gasteiger partial charge is 0.0609 e. The summed E-state index contributed by atoms with van der Waals surface area (Å²) in [6.45, 7) is 4.60. The van der Waals surface area contributed by atoms with E-state index in [-0.39, 0.29) is 0 Å². The molecule has 3 aliphatic rings. The van der Waals surface area contributed by atoms with Crippen LogP contribution >= 0.6 is 0 Å². The van der Waals surface area contributed by atoms with Crippen LogP contribution in [0.4, 0.5) is 0 Å². The molecule has 1 aliphatic carbocycles. The van der Waals surface area contributed by atoms with Crippen molar-refractivity contribution < 1.29 is 0 Å². The zero-order valence-electron chi connectivity index (χ0n) is 6.59. The molecule has 2 aliphatic heterocycles. The van der Waals surface area contributed by atoms with E-state index in [4.69, 9.17) is 0 Å². The summed E-state index contributed by atoms with van der Waals surface area (Å²) in [5.74, 6) is 1.05. The first-order valence-electron chi connectivity index (χ1n) is 4.26. The third-order valence-corrected chi connectivity index (χ3v) is 3.12. The van der Waals surface area contributed by atoms with Gasteiger partial charge in [-0.1, -0.05) is 0 Å². The summed E-state index contributed by atoms with van der Waals surface area (Å²) >= 11 is 0. The molecule has 10 heavy (non-hydrogen) atoms. The highest BCUT2D eigenvalue weighted by molar-refractivity contribution is 5.23. The Labute approximate surface area is 61.6 Å². The first kappa shape index (κ1) is 5.56. The Morgan fingerprint density at radius 1 is 1.40 bits per heavy atom. The van der Waals surface area contributed by atoms with Crippen LogP contribution in [0, 0.1) is 5.92 Å². The summed E-state index contributed by atoms with van der Waals surface area (Å²) in [5, 5.41) is 2.43. The van der Waals surface area contributed by atoms with Gasteiger partial charge in [0.15, 0.2) is 0 Å². The lowest BCUT2D eigenvalue weighted by atomic mass is 9.96. The van der Waals surface area contributed by atoms with E-state index in [2.05, 4.69) is 24.3 Å². The molecule has 56 valence electrons. The van der Waals surface area contributed by atoms with Crippen LogP contribution in [0.3, 0.4) is 0 Å². The fourth-order valence-corrected chi connectivity index (χ4v) is 2.42. The molecule has 0 bridgehead atoms. The summed E-state index contributed by atoms with van der Waals surface area (Å²) in [6.07, 6.45) is 2.96. The minimum Gasteiger partial charge on any atom is -0.247 e. The maximum Gasteiger partial charge on any atom is 0.0609 e. The van der Waals surface area contributed by atoms with Crippen molar-refractivity contribution in [2.45, 2.75) is 44.3 Å². The number of hydrogen-bond acceptors (Lipinski definition) is 2. The first-order valence-corrected chi connectivity index (χ1v) is 4.26. The Bertz CT molecular complexity index is 180. The lowest BCUT2D eigenvalue weighted by Gasteiger charge is -2.35. The minimum atomic E-state index is 0.424. The zero-order chi connectivity index (χ0) is 6.93. The van der Waals surface area contributed by atoms with Gasteiger partial charge in [-0.2, -0.15) is 0 Å². The molecule has 1 N–H and O–H groups in total. The van der Waals surface area contributed by atoms with Crippen LogP contribution < -0.4 is 5.43 Å². The molecular formula is C8H14N2. The fraction of sp³-hybridized carbons (Fsp3) is 1.00. The molecule has 0 spiro atoms. The molecule has 3 fully saturated rings. The van der Waals surface area contributed by atoms with Gasteiger partial charge in [0.1, 0.15) is 0 Å². The van der Waals surface area contributed by atoms with E-state index in [9.17, 15) is 0 Å². The van der Waals surface area contributed by atoms with Gasteiger partial charge in [0.2, 0.25) is 0 Å². The Morgan fingerprint density at radius 3 is 2.40 bits per heavy atom. The Hall–Kier alpha value is -0.0800. The third-order valence-electron chi connectivity index (χ3n) is 3.12. The molecule has 0 aromatic carbocycles. The van der Waals surface area contributed by atoms with Crippen LogP contribution in [0.25, 0.3) is 0 Å². The number of fused-ring (bicyclic) bond motifs is 1. The largest absolute Gasteiger partial charge is 0.247 e. The third kappa shape index (κ3) is 0.487. The van der Waals surface area contributed by atoms with Gasteiger partial charge in [-0.05, 0) is 32.6 Å². The van der Waals surface area contributed by atoms with Gasteiger partial charge in [0, 0.05) is 11.6 Å².